The molecule has 0 N–H and O–H groups in total. The van der Waals surface area contributed by atoms with E-state index in [4.69, 9.17) is 4.74 Å². The Kier molecular flexibility index (Phi) is 6.93. The van der Waals surface area contributed by atoms with E-state index >= 15 is 0 Å². The van der Waals surface area contributed by atoms with Gasteiger partial charge >= 0.3 is 6.09 Å². The van der Waals surface area contributed by atoms with Crippen molar-refractivity contribution in [3.8, 4) is 0 Å². The summed E-state index contributed by atoms with van der Waals surface area (Å²) in [5.74, 6) is -1.21. The first-order valence-corrected chi connectivity index (χ1v) is 11.7. The summed E-state index contributed by atoms with van der Waals surface area (Å²) in [5.41, 5.74) is -0.190. The number of nitrogens with zero attached hydrogens (tertiary/aromatic N) is 3. The van der Waals surface area contributed by atoms with Crippen molar-refractivity contribution < 1.29 is 27.1 Å². The fourth-order valence-corrected chi connectivity index (χ4v) is 5.58. The first kappa shape index (κ1) is 22.0. The Hall–Kier alpha value is -2.66. The number of hydrogen-bond donors (Lipinski definition) is 0. The van der Waals surface area contributed by atoms with E-state index < -0.39 is 34.4 Å². The monoisotopic (exact) mass is 455 g/mol. The quantitative estimate of drug-likeness (QED) is 0.668. The number of thiophene rings is 1. The molecule has 162 valence electrons. The Bertz CT molecular complexity index is 989. The molecule has 1 fully saturated rings. The molecule has 1 aromatic carbocycles. The largest absolute Gasteiger partial charge is 0.450 e. The molecular weight excluding hydrogens is 433 g/mol. The van der Waals surface area contributed by atoms with Crippen LogP contribution in [0, 0.1) is 5.82 Å². The second-order valence-corrected chi connectivity index (χ2v) is 9.50. The van der Waals surface area contributed by atoms with Crippen LogP contribution in [-0.4, -0.2) is 69.5 Å². The van der Waals surface area contributed by atoms with Crippen LogP contribution in [0.5, 0.6) is 0 Å². The highest BCUT2D eigenvalue weighted by Gasteiger charge is 2.32. The van der Waals surface area contributed by atoms with Gasteiger partial charge in [-0.15, -0.1) is 11.3 Å². The molecule has 2 aromatic rings. The van der Waals surface area contributed by atoms with E-state index in [1.54, 1.807) is 18.4 Å². The van der Waals surface area contributed by atoms with Gasteiger partial charge in [0.1, 0.15) is 16.6 Å². The third kappa shape index (κ3) is 4.73. The SMILES string of the molecule is CCOC(=O)N1CCN(C(=O)CN(c2ccccc2F)S(=O)(=O)c2cccs2)CC1. The molecule has 1 saturated heterocycles. The van der Waals surface area contributed by atoms with E-state index in [9.17, 15) is 22.4 Å². The number of para-hydroxylation sites is 1. The molecule has 2 amide bonds. The molecule has 1 aliphatic heterocycles. The predicted octanol–water partition coefficient (Wildman–Crippen LogP) is 2.38. The van der Waals surface area contributed by atoms with Crippen molar-refractivity contribution in [3.63, 3.8) is 0 Å². The molecule has 30 heavy (non-hydrogen) atoms. The van der Waals surface area contributed by atoms with Gasteiger partial charge in [-0.25, -0.2) is 17.6 Å². The van der Waals surface area contributed by atoms with Gasteiger partial charge in [0.15, 0.2) is 0 Å². The minimum Gasteiger partial charge on any atom is -0.450 e. The second-order valence-electron chi connectivity index (χ2n) is 6.46. The molecule has 1 aliphatic rings. The summed E-state index contributed by atoms with van der Waals surface area (Å²) >= 11 is 0.994. The first-order chi connectivity index (χ1) is 14.3. The lowest BCUT2D eigenvalue weighted by molar-refractivity contribution is -0.131. The molecule has 11 heteroatoms. The molecule has 1 aromatic heterocycles. The van der Waals surface area contributed by atoms with Crippen molar-refractivity contribution in [2.24, 2.45) is 0 Å². The number of ether oxygens (including phenoxy) is 1. The lowest BCUT2D eigenvalue weighted by Crippen LogP contribution is -2.53. The van der Waals surface area contributed by atoms with Gasteiger partial charge in [0.2, 0.25) is 5.91 Å². The van der Waals surface area contributed by atoms with Crippen molar-refractivity contribution in [2.45, 2.75) is 11.1 Å². The number of hydrogen-bond acceptors (Lipinski definition) is 6. The first-order valence-electron chi connectivity index (χ1n) is 9.35. The van der Waals surface area contributed by atoms with Gasteiger partial charge in [-0.05, 0) is 30.5 Å². The summed E-state index contributed by atoms with van der Waals surface area (Å²) in [6.45, 7) is 2.47. The van der Waals surface area contributed by atoms with Crippen LogP contribution >= 0.6 is 11.3 Å². The van der Waals surface area contributed by atoms with Crippen LogP contribution in [0.3, 0.4) is 0 Å². The van der Waals surface area contributed by atoms with Crippen molar-refractivity contribution in [3.05, 3.63) is 47.6 Å². The molecule has 0 saturated carbocycles. The van der Waals surface area contributed by atoms with Crippen LogP contribution in [0.4, 0.5) is 14.9 Å². The van der Waals surface area contributed by atoms with Gasteiger partial charge in [0.05, 0.1) is 12.3 Å². The fraction of sp³-hybridized carbons (Fsp3) is 0.368. The Morgan fingerprint density at radius 2 is 1.77 bits per heavy atom. The third-order valence-electron chi connectivity index (χ3n) is 4.60. The number of anilines is 1. The average Bonchev–Trinajstić information content (AvgIpc) is 3.28. The highest BCUT2D eigenvalue weighted by atomic mass is 32.2. The van der Waals surface area contributed by atoms with Crippen LogP contribution in [-0.2, 0) is 19.6 Å². The Balaban J connectivity index is 1.78. The molecule has 0 radical (unpaired) electrons. The van der Waals surface area contributed by atoms with Crippen LogP contribution in [0.2, 0.25) is 0 Å². The third-order valence-corrected chi connectivity index (χ3v) is 7.73. The summed E-state index contributed by atoms with van der Waals surface area (Å²) in [4.78, 5) is 27.6. The standard InChI is InChI=1S/C19H22FN3O5S2/c1-2-28-19(25)22-11-9-21(10-12-22)17(24)14-23(16-7-4-3-6-15(16)20)30(26,27)18-8-5-13-29-18/h3-8,13H,2,9-12,14H2,1H3. The number of amides is 2. The molecular formula is C19H22FN3O5S2. The molecule has 0 spiro atoms. The second kappa shape index (κ2) is 9.43. The summed E-state index contributed by atoms with van der Waals surface area (Å²) < 4.78 is 46.4. The van der Waals surface area contributed by atoms with Gasteiger partial charge in [0.25, 0.3) is 10.0 Å². The van der Waals surface area contributed by atoms with Crippen molar-refractivity contribution in [2.75, 3.05) is 43.6 Å². The summed E-state index contributed by atoms with van der Waals surface area (Å²) in [5, 5.41) is 1.60. The average molecular weight is 456 g/mol. The van der Waals surface area contributed by atoms with Crippen molar-refractivity contribution in [1.29, 1.82) is 0 Å². The number of halogens is 1. The molecule has 8 nitrogen and oxygen atoms in total. The van der Waals surface area contributed by atoms with E-state index in [-0.39, 0.29) is 42.7 Å². The maximum absolute atomic E-state index is 14.4. The fourth-order valence-electron chi connectivity index (χ4n) is 3.05. The number of benzene rings is 1. The minimum absolute atomic E-state index is 0.0192. The van der Waals surface area contributed by atoms with Gasteiger partial charge < -0.3 is 14.5 Å². The van der Waals surface area contributed by atoms with E-state index in [2.05, 4.69) is 0 Å². The number of carbonyl (C=O) groups excluding carboxylic acids is 2. The van der Waals surface area contributed by atoms with Gasteiger partial charge in [-0.1, -0.05) is 18.2 Å². The summed E-state index contributed by atoms with van der Waals surface area (Å²) in [7, 11) is -4.12. The number of sulfonamides is 1. The Morgan fingerprint density at radius 1 is 1.10 bits per heavy atom. The zero-order valence-corrected chi connectivity index (χ0v) is 18.0. The zero-order chi connectivity index (χ0) is 21.7. The van der Waals surface area contributed by atoms with Crippen molar-refractivity contribution in [1.82, 2.24) is 9.80 Å². The maximum Gasteiger partial charge on any atom is 0.409 e. The van der Waals surface area contributed by atoms with E-state index in [1.807, 2.05) is 0 Å². The van der Waals surface area contributed by atoms with Crippen LogP contribution < -0.4 is 4.31 Å². The molecule has 0 bridgehead atoms. The molecule has 3 rings (SSSR count). The van der Waals surface area contributed by atoms with Gasteiger partial charge in [-0.3, -0.25) is 9.10 Å². The van der Waals surface area contributed by atoms with E-state index in [0.29, 0.717) is 0 Å². The Morgan fingerprint density at radius 3 is 2.37 bits per heavy atom. The summed E-state index contributed by atoms with van der Waals surface area (Å²) in [6, 6.07) is 8.43. The highest BCUT2D eigenvalue weighted by molar-refractivity contribution is 7.94. The summed E-state index contributed by atoms with van der Waals surface area (Å²) in [6.07, 6.45) is -0.446. The Labute approximate surface area is 178 Å². The number of carbonyl (C=O) groups is 2. The molecule has 0 unspecified atom stereocenters. The van der Waals surface area contributed by atoms with Crippen LogP contribution in [0.15, 0.2) is 46.0 Å². The van der Waals surface area contributed by atoms with Gasteiger partial charge in [-0.2, -0.15) is 0 Å². The highest BCUT2D eigenvalue weighted by Crippen LogP contribution is 2.28. The lowest BCUT2D eigenvalue weighted by atomic mass is 10.3. The predicted molar refractivity (Wildman–Crippen MR) is 110 cm³/mol. The molecule has 0 aliphatic carbocycles. The normalized spacial score (nSPS) is 14.5. The minimum atomic E-state index is -4.12. The number of piperazine rings is 1. The van der Waals surface area contributed by atoms with E-state index in [1.165, 1.54) is 34.1 Å². The lowest BCUT2D eigenvalue weighted by Gasteiger charge is -2.35. The smallest absolute Gasteiger partial charge is 0.409 e. The van der Waals surface area contributed by atoms with Crippen molar-refractivity contribution >= 4 is 39.0 Å². The topological polar surface area (TPSA) is 87.2 Å². The molecule has 2 heterocycles. The molecule has 0 atom stereocenters. The maximum atomic E-state index is 14.4. The zero-order valence-electron chi connectivity index (χ0n) is 16.4. The van der Waals surface area contributed by atoms with Gasteiger partial charge in [0, 0.05) is 26.2 Å². The number of rotatable bonds is 6. The van der Waals surface area contributed by atoms with Crippen LogP contribution in [0.25, 0.3) is 0 Å². The van der Waals surface area contributed by atoms with E-state index in [0.717, 1.165) is 21.7 Å². The van der Waals surface area contributed by atoms with Crippen LogP contribution in [0.1, 0.15) is 6.92 Å².